The molecule has 2 heterocycles. The molecule has 0 fully saturated rings. The van der Waals surface area contributed by atoms with Gasteiger partial charge in [-0.2, -0.15) is 0 Å². The number of imidazole rings is 1. The van der Waals surface area contributed by atoms with Crippen molar-refractivity contribution >= 4 is 28.5 Å². The molecule has 0 spiro atoms. The first-order valence-electron chi connectivity index (χ1n) is 8.36. The van der Waals surface area contributed by atoms with E-state index in [1.165, 1.54) is 6.26 Å². The van der Waals surface area contributed by atoms with Crippen LogP contribution in [0.15, 0.2) is 71.3 Å². The van der Waals surface area contributed by atoms with Crippen LogP contribution in [0.2, 0.25) is 0 Å². The molecule has 4 rings (SSSR count). The highest BCUT2D eigenvalue weighted by Crippen LogP contribution is 2.13. The lowest BCUT2D eigenvalue weighted by Gasteiger charge is -2.06. The van der Waals surface area contributed by atoms with Crippen LogP contribution in [0, 0.1) is 0 Å². The standard InChI is InChI=1S/C20H16N4O3/c25-19(21-12-18-23-15-4-1-2-5-16(15)24-18)13-7-9-14(10-8-13)22-20(26)17-6-3-11-27-17/h1-11H,12H2,(H,21,25)(H,22,26)(H,23,24). The molecule has 2 aromatic carbocycles. The molecule has 0 bridgehead atoms. The molecule has 0 aliphatic heterocycles. The topological polar surface area (TPSA) is 100 Å². The Kier molecular flexibility index (Phi) is 4.40. The second-order valence-corrected chi connectivity index (χ2v) is 5.89. The van der Waals surface area contributed by atoms with Gasteiger partial charge >= 0.3 is 0 Å². The summed E-state index contributed by atoms with van der Waals surface area (Å²) >= 11 is 0. The number of anilines is 1. The maximum Gasteiger partial charge on any atom is 0.291 e. The number of hydrogen-bond donors (Lipinski definition) is 3. The summed E-state index contributed by atoms with van der Waals surface area (Å²) in [6.07, 6.45) is 1.43. The fourth-order valence-electron chi connectivity index (χ4n) is 2.66. The average Bonchev–Trinajstić information content (AvgIpc) is 3.36. The van der Waals surface area contributed by atoms with Crippen LogP contribution >= 0.6 is 0 Å². The summed E-state index contributed by atoms with van der Waals surface area (Å²) in [6.45, 7) is 0.296. The monoisotopic (exact) mass is 360 g/mol. The van der Waals surface area contributed by atoms with E-state index in [1.54, 1.807) is 36.4 Å². The zero-order chi connectivity index (χ0) is 18.6. The molecule has 134 valence electrons. The van der Waals surface area contributed by atoms with Gasteiger partial charge in [0.1, 0.15) is 5.82 Å². The van der Waals surface area contributed by atoms with Crippen molar-refractivity contribution in [2.45, 2.75) is 6.54 Å². The lowest BCUT2D eigenvalue weighted by atomic mass is 10.2. The number of carbonyl (C=O) groups is 2. The van der Waals surface area contributed by atoms with Gasteiger partial charge in [-0.1, -0.05) is 12.1 Å². The molecule has 0 aliphatic carbocycles. The van der Waals surface area contributed by atoms with Crippen LogP contribution in [0.4, 0.5) is 5.69 Å². The van der Waals surface area contributed by atoms with Crippen molar-refractivity contribution in [3.8, 4) is 0 Å². The third kappa shape index (κ3) is 3.72. The van der Waals surface area contributed by atoms with Crippen LogP contribution in [-0.2, 0) is 6.54 Å². The first-order valence-corrected chi connectivity index (χ1v) is 8.36. The van der Waals surface area contributed by atoms with E-state index in [1.807, 2.05) is 24.3 Å². The van der Waals surface area contributed by atoms with Crippen LogP contribution in [0.5, 0.6) is 0 Å². The minimum Gasteiger partial charge on any atom is -0.459 e. The van der Waals surface area contributed by atoms with Crippen LogP contribution in [-0.4, -0.2) is 21.8 Å². The normalized spacial score (nSPS) is 10.7. The number of aromatic amines is 1. The molecule has 0 unspecified atom stereocenters. The molecular weight excluding hydrogens is 344 g/mol. The molecule has 0 saturated carbocycles. The number of furan rings is 1. The number of nitrogens with zero attached hydrogens (tertiary/aromatic N) is 1. The number of amides is 2. The molecule has 0 aliphatic rings. The second kappa shape index (κ2) is 7.17. The minimum absolute atomic E-state index is 0.223. The number of hydrogen-bond acceptors (Lipinski definition) is 4. The van der Waals surface area contributed by atoms with E-state index in [9.17, 15) is 9.59 Å². The Labute approximate surface area is 154 Å². The maximum atomic E-state index is 12.3. The Morgan fingerprint density at radius 2 is 1.78 bits per heavy atom. The van der Waals surface area contributed by atoms with Crippen LogP contribution < -0.4 is 10.6 Å². The van der Waals surface area contributed by atoms with Gasteiger partial charge in [0.15, 0.2) is 5.76 Å². The zero-order valence-corrected chi connectivity index (χ0v) is 14.2. The van der Waals surface area contributed by atoms with Gasteiger partial charge in [-0.3, -0.25) is 9.59 Å². The van der Waals surface area contributed by atoms with Gasteiger partial charge in [0.2, 0.25) is 0 Å². The van der Waals surface area contributed by atoms with Crippen molar-refractivity contribution < 1.29 is 14.0 Å². The lowest BCUT2D eigenvalue weighted by molar-refractivity contribution is 0.0949. The van der Waals surface area contributed by atoms with E-state index >= 15 is 0 Å². The summed E-state index contributed by atoms with van der Waals surface area (Å²) in [5.74, 6) is 0.344. The number of fused-ring (bicyclic) bond motifs is 1. The summed E-state index contributed by atoms with van der Waals surface area (Å²) in [5.41, 5.74) is 2.85. The van der Waals surface area contributed by atoms with Gasteiger partial charge < -0.3 is 20.0 Å². The molecule has 0 radical (unpaired) electrons. The number of para-hydroxylation sites is 2. The predicted molar refractivity (Wildman–Crippen MR) is 100 cm³/mol. The van der Waals surface area contributed by atoms with E-state index in [0.717, 1.165) is 11.0 Å². The molecule has 4 aromatic rings. The third-order valence-electron chi connectivity index (χ3n) is 4.00. The van der Waals surface area contributed by atoms with Gasteiger partial charge in [-0.25, -0.2) is 4.98 Å². The number of H-pyrrole nitrogens is 1. The first-order chi connectivity index (χ1) is 13.2. The van der Waals surface area contributed by atoms with Crippen LogP contribution in [0.25, 0.3) is 11.0 Å². The van der Waals surface area contributed by atoms with E-state index < -0.39 is 0 Å². The average molecular weight is 360 g/mol. The highest BCUT2D eigenvalue weighted by atomic mass is 16.3. The van der Waals surface area contributed by atoms with Crippen LogP contribution in [0.1, 0.15) is 26.7 Å². The molecule has 7 nitrogen and oxygen atoms in total. The van der Waals surface area contributed by atoms with Gasteiger partial charge in [-0.15, -0.1) is 0 Å². The highest BCUT2D eigenvalue weighted by molar-refractivity contribution is 6.02. The molecular formula is C20H16N4O3. The van der Waals surface area contributed by atoms with Crippen molar-refractivity contribution in [1.82, 2.24) is 15.3 Å². The molecule has 0 atom stereocenters. The van der Waals surface area contributed by atoms with Crippen molar-refractivity contribution in [3.05, 3.63) is 84.1 Å². The molecule has 7 heteroatoms. The molecule has 3 N–H and O–H groups in total. The van der Waals surface area contributed by atoms with E-state index in [2.05, 4.69) is 20.6 Å². The van der Waals surface area contributed by atoms with Crippen molar-refractivity contribution in [2.75, 3.05) is 5.32 Å². The second-order valence-electron chi connectivity index (χ2n) is 5.89. The van der Waals surface area contributed by atoms with Gasteiger partial charge in [-0.05, 0) is 48.5 Å². The van der Waals surface area contributed by atoms with Gasteiger partial charge in [0.25, 0.3) is 11.8 Å². The Hall–Kier alpha value is -3.87. The van der Waals surface area contributed by atoms with Crippen molar-refractivity contribution in [1.29, 1.82) is 0 Å². The van der Waals surface area contributed by atoms with Crippen LogP contribution in [0.3, 0.4) is 0 Å². The third-order valence-corrected chi connectivity index (χ3v) is 4.00. The molecule has 2 amide bonds. The molecule has 0 saturated heterocycles. The zero-order valence-electron chi connectivity index (χ0n) is 14.2. The number of rotatable bonds is 5. The summed E-state index contributed by atoms with van der Waals surface area (Å²) in [6, 6.07) is 17.5. The molecule has 2 aromatic heterocycles. The van der Waals surface area contributed by atoms with E-state index in [4.69, 9.17) is 4.42 Å². The predicted octanol–water partition coefficient (Wildman–Crippen LogP) is 3.34. The fraction of sp³-hybridized carbons (Fsp3) is 0.0500. The molecule has 27 heavy (non-hydrogen) atoms. The Bertz CT molecular complexity index is 1050. The van der Waals surface area contributed by atoms with Gasteiger partial charge in [0.05, 0.1) is 23.8 Å². The van der Waals surface area contributed by atoms with Crippen molar-refractivity contribution in [3.63, 3.8) is 0 Å². The quantitative estimate of drug-likeness (QED) is 0.508. The maximum absolute atomic E-state index is 12.3. The van der Waals surface area contributed by atoms with E-state index in [0.29, 0.717) is 23.6 Å². The lowest BCUT2D eigenvalue weighted by Crippen LogP contribution is -2.23. The number of carbonyl (C=O) groups excluding carboxylic acids is 2. The van der Waals surface area contributed by atoms with E-state index in [-0.39, 0.29) is 17.6 Å². The highest BCUT2D eigenvalue weighted by Gasteiger charge is 2.10. The number of aromatic nitrogens is 2. The minimum atomic E-state index is -0.345. The number of nitrogens with one attached hydrogen (secondary N) is 3. The number of benzene rings is 2. The SMILES string of the molecule is O=C(NCc1nc2ccccc2[nH]1)c1ccc(NC(=O)c2ccco2)cc1. The summed E-state index contributed by atoms with van der Waals surface area (Å²) in [7, 11) is 0. The van der Waals surface area contributed by atoms with Crippen molar-refractivity contribution in [2.24, 2.45) is 0 Å². The first kappa shape index (κ1) is 16.6. The summed E-state index contributed by atoms with van der Waals surface area (Å²) in [4.78, 5) is 31.8. The van der Waals surface area contributed by atoms with Gasteiger partial charge in [0, 0.05) is 11.3 Å². The largest absolute Gasteiger partial charge is 0.459 e. The smallest absolute Gasteiger partial charge is 0.291 e. The summed E-state index contributed by atoms with van der Waals surface area (Å²) < 4.78 is 5.04. The summed E-state index contributed by atoms with van der Waals surface area (Å²) in [5, 5.41) is 5.53. The Balaban J connectivity index is 1.36. The Morgan fingerprint density at radius 1 is 0.963 bits per heavy atom. The fourth-order valence-corrected chi connectivity index (χ4v) is 2.66. The Morgan fingerprint density at radius 3 is 2.52 bits per heavy atom.